The lowest BCUT2D eigenvalue weighted by Gasteiger charge is -2.06. The molecule has 0 aliphatic rings. The molecule has 6 nitrogen and oxygen atoms in total. The van der Waals surface area contributed by atoms with Crippen LogP contribution in [0.15, 0.2) is 18.2 Å². The Kier molecular flexibility index (Phi) is 3.71. The van der Waals surface area contributed by atoms with Gasteiger partial charge in [0.2, 0.25) is 5.91 Å². The van der Waals surface area contributed by atoms with Gasteiger partial charge in [-0.3, -0.25) is 4.79 Å². The number of rotatable bonds is 3. The largest absolute Gasteiger partial charge is 0.441 e. The molecular formula is C10H13N3O3. The van der Waals surface area contributed by atoms with Crippen LogP contribution in [0, 0.1) is 0 Å². The number of benzene rings is 1. The highest BCUT2D eigenvalue weighted by Crippen LogP contribution is 2.14. The van der Waals surface area contributed by atoms with E-state index in [0.717, 1.165) is 0 Å². The summed E-state index contributed by atoms with van der Waals surface area (Å²) < 4.78 is 4.77. The van der Waals surface area contributed by atoms with Gasteiger partial charge < -0.3 is 21.5 Å². The van der Waals surface area contributed by atoms with Gasteiger partial charge in [0.05, 0.1) is 5.56 Å². The van der Waals surface area contributed by atoms with Crippen molar-refractivity contribution in [1.29, 1.82) is 0 Å². The smallest absolute Gasteiger partial charge is 0.339 e. The Morgan fingerprint density at radius 1 is 1.25 bits per heavy atom. The van der Waals surface area contributed by atoms with Gasteiger partial charge in [-0.05, 0) is 18.2 Å². The SMILES string of the molecule is CC(=O)NCOC(=O)c1cc(N)cc(N)c1. The maximum atomic E-state index is 11.4. The Bertz CT molecular complexity index is 398. The topological polar surface area (TPSA) is 107 Å². The fourth-order valence-electron chi connectivity index (χ4n) is 1.08. The van der Waals surface area contributed by atoms with E-state index in [9.17, 15) is 9.59 Å². The van der Waals surface area contributed by atoms with E-state index in [1.54, 1.807) is 0 Å². The number of esters is 1. The number of nitrogens with two attached hydrogens (primary N) is 2. The standard InChI is InChI=1S/C10H13N3O3/c1-6(14)13-5-16-10(15)7-2-8(11)4-9(12)3-7/h2-4H,5,11-12H2,1H3,(H,13,14). The van der Waals surface area contributed by atoms with Gasteiger partial charge in [0.1, 0.15) is 0 Å². The molecule has 1 amide bonds. The van der Waals surface area contributed by atoms with Gasteiger partial charge in [0.25, 0.3) is 0 Å². The predicted molar refractivity (Wildman–Crippen MR) is 59.4 cm³/mol. The maximum absolute atomic E-state index is 11.4. The molecule has 86 valence electrons. The van der Waals surface area contributed by atoms with E-state index >= 15 is 0 Å². The number of amides is 1. The summed E-state index contributed by atoms with van der Waals surface area (Å²) in [4.78, 5) is 22.0. The van der Waals surface area contributed by atoms with Crippen LogP contribution in [0.5, 0.6) is 0 Å². The Morgan fingerprint density at radius 3 is 2.31 bits per heavy atom. The van der Waals surface area contributed by atoms with Crippen LogP contribution in [-0.4, -0.2) is 18.6 Å². The number of carbonyl (C=O) groups excluding carboxylic acids is 2. The molecule has 0 saturated heterocycles. The minimum absolute atomic E-state index is 0.178. The lowest BCUT2D eigenvalue weighted by Crippen LogP contribution is -2.25. The molecule has 0 heterocycles. The molecule has 5 N–H and O–H groups in total. The zero-order valence-corrected chi connectivity index (χ0v) is 8.82. The van der Waals surface area contributed by atoms with Crippen molar-refractivity contribution in [1.82, 2.24) is 5.32 Å². The van der Waals surface area contributed by atoms with E-state index in [-0.39, 0.29) is 18.2 Å². The molecule has 0 saturated carbocycles. The van der Waals surface area contributed by atoms with Crippen LogP contribution in [-0.2, 0) is 9.53 Å². The summed E-state index contributed by atoms with van der Waals surface area (Å²) >= 11 is 0. The van der Waals surface area contributed by atoms with E-state index in [1.807, 2.05) is 0 Å². The minimum Gasteiger partial charge on any atom is -0.441 e. The van der Waals surface area contributed by atoms with E-state index in [4.69, 9.17) is 16.2 Å². The third-order valence-electron chi connectivity index (χ3n) is 1.74. The van der Waals surface area contributed by atoms with Gasteiger partial charge in [-0.25, -0.2) is 4.79 Å². The van der Waals surface area contributed by atoms with Crippen molar-refractivity contribution in [2.75, 3.05) is 18.2 Å². The second kappa shape index (κ2) is 5.01. The summed E-state index contributed by atoms with van der Waals surface area (Å²) in [6, 6.07) is 4.43. The second-order valence-corrected chi connectivity index (χ2v) is 3.20. The zero-order chi connectivity index (χ0) is 12.1. The Labute approximate surface area is 92.6 Å². The zero-order valence-electron chi connectivity index (χ0n) is 8.82. The quantitative estimate of drug-likeness (QED) is 0.382. The number of nitrogens with one attached hydrogen (secondary N) is 1. The van der Waals surface area contributed by atoms with Gasteiger partial charge in [0, 0.05) is 18.3 Å². The molecular weight excluding hydrogens is 210 g/mol. The van der Waals surface area contributed by atoms with E-state index in [2.05, 4.69) is 5.32 Å². The molecule has 0 atom stereocenters. The van der Waals surface area contributed by atoms with Crippen molar-refractivity contribution in [2.24, 2.45) is 0 Å². The highest BCUT2D eigenvalue weighted by atomic mass is 16.5. The molecule has 0 radical (unpaired) electrons. The average Bonchev–Trinajstić information content (AvgIpc) is 2.15. The van der Waals surface area contributed by atoms with E-state index in [0.29, 0.717) is 11.4 Å². The van der Waals surface area contributed by atoms with Crippen molar-refractivity contribution in [3.63, 3.8) is 0 Å². The van der Waals surface area contributed by atoms with Crippen molar-refractivity contribution in [2.45, 2.75) is 6.92 Å². The number of ether oxygens (including phenoxy) is 1. The Hall–Kier alpha value is -2.24. The summed E-state index contributed by atoms with van der Waals surface area (Å²) in [5.41, 5.74) is 12.0. The van der Waals surface area contributed by atoms with E-state index < -0.39 is 5.97 Å². The molecule has 0 bridgehead atoms. The van der Waals surface area contributed by atoms with Crippen LogP contribution >= 0.6 is 0 Å². The number of nitrogen functional groups attached to an aromatic ring is 2. The highest BCUT2D eigenvalue weighted by Gasteiger charge is 2.08. The first-order valence-corrected chi connectivity index (χ1v) is 4.56. The highest BCUT2D eigenvalue weighted by molar-refractivity contribution is 5.91. The molecule has 0 aliphatic carbocycles. The molecule has 0 aliphatic heterocycles. The lowest BCUT2D eigenvalue weighted by molar-refractivity contribution is -0.120. The molecule has 0 unspecified atom stereocenters. The molecule has 6 heteroatoms. The second-order valence-electron chi connectivity index (χ2n) is 3.20. The molecule has 0 spiro atoms. The van der Waals surface area contributed by atoms with Gasteiger partial charge in [-0.2, -0.15) is 0 Å². The van der Waals surface area contributed by atoms with Crippen LogP contribution in [0.4, 0.5) is 11.4 Å². The van der Waals surface area contributed by atoms with Crippen LogP contribution in [0.2, 0.25) is 0 Å². The van der Waals surface area contributed by atoms with E-state index in [1.165, 1.54) is 25.1 Å². The van der Waals surface area contributed by atoms with Crippen LogP contribution in [0.3, 0.4) is 0 Å². The first-order chi connectivity index (χ1) is 7.49. The number of anilines is 2. The van der Waals surface area contributed by atoms with Gasteiger partial charge in [0.15, 0.2) is 6.73 Å². The number of hydrogen-bond donors (Lipinski definition) is 3. The third kappa shape index (κ3) is 3.49. The summed E-state index contributed by atoms with van der Waals surface area (Å²) in [5.74, 6) is -0.868. The van der Waals surface area contributed by atoms with Crippen molar-refractivity contribution >= 4 is 23.3 Å². The Balaban J connectivity index is 2.62. The van der Waals surface area contributed by atoms with Gasteiger partial charge >= 0.3 is 5.97 Å². The number of carbonyl (C=O) groups is 2. The molecule has 1 aromatic rings. The lowest BCUT2D eigenvalue weighted by atomic mass is 10.2. The van der Waals surface area contributed by atoms with Crippen LogP contribution in [0.1, 0.15) is 17.3 Å². The molecule has 0 aromatic heterocycles. The summed E-state index contributed by atoms with van der Waals surface area (Å²) in [5, 5.41) is 2.33. The summed E-state index contributed by atoms with van der Waals surface area (Å²) in [6.45, 7) is 1.15. The molecule has 1 rings (SSSR count). The minimum atomic E-state index is -0.590. The van der Waals surface area contributed by atoms with Gasteiger partial charge in [-0.1, -0.05) is 0 Å². The molecule has 16 heavy (non-hydrogen) atoms. The van der Waals surface area contributed by atoms with Crippen molar-refractivity contribution in [3.05, 3.63) is 23.8 Å². The van der Waals surface area contributed by atoms with Gasteiger partial charge in [-0.15, -0.1) is 0 Å². The third-order valence-corrected chi connectivity index (χ3v) is 1.74. The fourth-order valence-corrected chi connectivity index (χ4v) is 1.08. The Morgan fingerprint density at radius 2 is 1.81 bits per heavy atom. The predicted octanol–water partition coefficient (Wildman–Crippen LogP) is 0.101. The van der Waals surface area contributed by atoms with Crippen LogP contribution in [0.25, 0.3) is 0 Å². The number of hydrogen-bond acceptors (Lipinski definition) is 5. The summed E-state index contributed by atoms with van der Waals surface area (Å²) in [6.07, 6.45) is 0. The molecule has 0 fully saturated rings. The summed E-state index contributed by atoms with van der Waals surface area (Å²) in [7, 11) is 0. The van der Waals surface area contributed by atoms with Crippen LogP contribution < -0.4 is 16.8 Å². The van der Waals surface area contributed by atoms with Crippen molar-refractivity contribution in [3.8, 4) is 0 Å². The fraction of sp³-hybridized carbons (Fsp3) is 0.200. The van der Waals surface area contributed by atoms with Crippen molar-refractivity contribution < 1.29 is 14.3 Å². The maximum Gasteiger partial charge on any atom is 0.339 e. The average molecular weight is 223 g/mol. The first kappa shape index (κ1) is 11.8. The molecule has 1 aromatic carbocycles. The first-order valence-electron chi connectivity index (χ1n) is 4.56. The monoisotopic (exact) mass is 223 g/mol. The normalized spacial score (nSPS) is 9.56.